The average molecular weight is 239 g/mol. The van der Waals surface area contributed by atoms with Gasteiger partial charge in [-0.15, -0.1) is 12.4 Å². The van der Waals surface area contributed by atoms with Gasteiger partial charge in [0.1, 0.15) is 0 Å². The summed E-state index contributed by atoms with van der Waals surface area (Å²) in [5.41, 5.74) is 11.7. The minimum Gasteiger partial charge on any atom is -0.370 e. The van der Waals surface area contributed by atoms with Crippen molar-refractivity contribution >= 4 is 35.2 Å². The summed E-state index contributed by atoms with van der Waals surface area (Å²) in [4.78, 5) is 18.0. The summed E-state index contributed by atoms with van der Waals surface area (Å²) in [7, 11) is 0. The maximum atomic E-state index is 11.5. The number of halogens is 1. The normalized spacial score (nSPS) is 9.50. The highest BCUT2D eigenvalue weighted by Gasteiger charge is 2.05. The van der Waals surface area contributed by atoms with Gasteiger partial charge in [-0.25, -0.2) is 0 Å². The molecule has 1 aromatic heterocycles. The van der Waals surface area contributed by atoms with E-state index in [-0.39, 0.29) is 18.4 Å². The number of aromatic amines is 1. The van der Waals surface area contributed by atoms with Crippen LogP contribution in [0.25, 0.3) is 10.9 Å². The van der Waals surface area contributed by atoms with Gasteiger partial charge in [-0.3, -0.25) is 4.79 Å². The van der Waals surface area contributed by atoms with E-state index in [0.29, 0.717) is 5.56 Å². The number of carbonyl (C=O) groups is 1. The number of rotatable bonds is 1. The molecule has 0 aliphatic rings. The summed E-state index contributed by atoms with van der Waals surface area (Å²) < 4.78 is 0. The second-order valence-corrected chi connectivity index (χ2v) is 3.12. The second-order valence-electron chi connectivity index (χ2n) is 3.12. The quantitative estimate of drug-likeness (QED) is 0.511. The summed E-state index contributed by atoms with van der Waals surface area (Å²) in [6.45, 7) is 0. The van der Waals surface area contributed by atoms with E-state index in [2.05, 4.69) is 9.98 Å². The lowest BCUT2D eigenvalue weighted by Gasteiger charge is -1.96. The molecule has 0 atom stereocenters. The topological polar surface area (TPSA) is 97.3 Å². The van der Waals surface area contributed by atoms with Gasteiger partial charge >= 0.3 is 0 Å². The van der Waals surface area contributed by atoms with Gasteiger partial charge in [0.15, 0.2) is 5.96 Å². The Kier molecular flexibility index (Phi) is 3.52. The van der Waals surface area contributed by atoms with Gasteiger partial charge in [-0.2, -0.15) is 4.99 Å². The van der Waals surface area contributed by atoms with Crippen LogP contribution in [-0.2, 0) is 0 Å². The van der Waals surface area contributed by atoms with Gasteiger partial charge in [0.2, 0.25) is 0 Å². The Labute approximate surface area is 97.9 Å². The van der Waals surface area contributed by atoms with Crippen LogP contribution in [0.15, 0.2) is 35.5 Å². The maximum absolute atomic E-state index is 11.5. The van der Waals surface area contributed by atoms with Crippen molar-refractivity contribution in [1.29, 1.82) is 0 Å². The van der Waals surface area contributed by atoms with Crippen molar-refractivity contribution in [3.8, 4) is 0 Å². The predicted octanol–water partition coefficient (Wildman–Crippen LogP) is 1.00. The van der Waals surface area contributed by atoms with E-state index < -0.39 is 5.91 Å². The number of hydrogen-bond acceptors (Lipinski definition) is 1. The smallest absolute Gasteiger partial charge is 0.280 e. The number of nitrogens with two attached hydrogens (primary N) is 2. The molecule has 1 amide bonds. The van der Waals surface area contributed by atoms with Gasteiger partial charge in [0.25, 0.3) is 5.91 Å². The first-order chi connectivity index (χ1) is 7.16. The number of hydrogen-bond donors (Lipinski definition) is 3. The van der Waals surface area contributed by atoms with Crippen LogP contribution in [0.4, 0.5) is 0 Å². The Bertz CT molecular complexity index is 542. The molecule has 0 spiro atoms. The number of carbonyl (C=O) groups excluding carboxylic acids is 1. The summed E-state index contributed by atoms with van der Waals surface area (Å²) >= 11 is 0. The highest BCUT2D eigenvalue weighted by molar-refractivity contribution is 6.03. The molecule has 84 valence electrons. The van der Waals surface area contributed by atoms with Crippen LogP contribution >= 0.6 is 12.4 Å². The van der Waals surface area contributed by atoms with Crippen LogP contribution in [0.1, 0.15) is 10.4 Å². The van der Waals surface area contributed by atoms with E-state index >= 15 is 0 Å². The molecule has 0 aliphatic heterocycles. The fourth-order valence-corrected chi connectivity index (χ4v) is 1.37. The third kappa shape index (κ3) is 2.32. The molecule has 0 saturated carbocycles. The zero-order valence-corrected chi connectivity index (χ0v) is 9.12. The molecule has 0 fully saturated rings. The van der Waals surface area contributed by atoms with E-state index in [1.165, 1.54) is 0 Å². The minimum absolute atomic E-state index is 0. The molecule has 0 saturated heterocycles. The number of benzene rings is 1. The van der Waals surface area contributed by atoms with E-state index in [1.54, 1.807) is 18.3 Å². The van der Waals surface area contributed by atoms with E-state index in [9.17, 15) is 4.79 Å². The van der Waals surface area contributed by atoms with Gasteiger partial charge in [-0.1, -0.05) is 0 Å². The van der Waals surface area contributed by atoms with E-state index in [0.717, 1.165) is 10.9 Å². The highest BCUT2D eigenvalue weighted by atomic mass is 35.5. The Morgan fingerprint density at radius 3 is 2.69 bits per heavy atom. The van der Waals surface area contributed by atoms with Crippen molar-refractivity contribution < 1.29 is 4.79 Å². The van der Waals surface area contributed by atoms with Gasteiger partial charge in [0, 0.05) is 22.7 Å². The predicted molar refractivity (Wildman–Crippen MR) is 65.7 cm³/mol. The molecule has 0 aliphatic carbocycles. The SMILES string of the molecule is Cl.NC(N)=NC(=O)c1ccc2[nH]ccc2c1. The summed E-state index contributed by atoms with van der Waals surface area (Å²) in [6, 6.07) is 7.10. The fourth-order valence-electron chi connectivity index (χ4n) is 1.37. The number of fused-ring (bicyclic) bond motifs is 1. The van der Waals surface area contributed by atoms with Crippen LogP contribution in [-0.4, -0.2) is 16.9 Å². The Morgan fingerprint density at radius 1 is 1.25 bits per heavy atom. The van der Waals surface area contributed by atoms with Crippen LogP contribution in [0.3, 0.4) is 0 Å². The largest absolute Gasteiger partial charge is 0.370 e. The monoisotopic (exact) mass is 238 g/mol. The molecule has 1 aromatic carbocycles. The second kappa shape index (κ2) is 4.67. The first kappa shape index (κ1) is 12.1. The molecule has 2 aromatic rings. The van der Waals surface area contributed by atoms with Crippen LogP contribution in [0.2, 0.25) is 0 Å². The fraction of sp³-hybridized carbons (Fsp3) is 0. The summed E-state index contributed by atoms with van der Waals surface area (Å²) in [5, 5.41) is 0.951. The molecule has 2 rings (SSSR count). The van der Waals surface area contributed by atoms with Crippen molar-refractivity contribution in [3.05, 3.63) is 36.0 Å². The van der Waals surface area contributed by atoms with Crippen molar-refractivity contribution in [3.63, 3.8) is 0 Å². The van der Waals surface area contributed by atoms with E-state index in [1.807, 2.05) is 12.1 Å². The Balaban J connectivity index is 0.00000128. The number of H-pyrrole nitrogens is 1. The Morgan fingerprint density at radius 2 is 2.00 bits per heavy atom. The molecule has 0 unspecified atom stereocenters. The molecule has 1 heterocycles. The summed E-state index contributed by atoms with van der Waals surface area (Å²) in [5.74, 6) is -0.660. The zero-order chi connectivity index (χ0) is 10.8. The minimum atomic E-state index is -0.432. The Hall–Kier alpha value is -2.01. The van der Waals surface area contributed by atoms with Gasteiger partial charge in [0.05, 0.1) is 0 Å². The summed E-state index contributed by atoms with van der Waals surface area (Å²) in [6.07, 6.45) is 1.81. The lowest BCUT2D eigenvalue weighted by molar-refractivity contribution is 0.100. The number of nitrogens with zero attached hydrogens (tertiary/aromatic N) is 1. The number of aromatic nitrogens is 1. The molecule has 0 radical (unpaired) electrons. The molecule has 0 bridgehead atoms. The maximum Gasteiger partial charge on any atom is 0.280 e. The number of amides is 1. The molecule has 16 heavy (non-hydrogen) atoms. The van der Waals surface area contributed by atoms with Crippen molar-refractivity contribution in [2.75, 3.05) is 0 Å². The van der Waals surface area contributed by atoms with Crippen LogP contribution in [0.5, 0.6) is 0 Å². The number of nitrogens with one attached hydrogen (secondary N) is 1. The first-order valence-corrected chi connectivity index (χ1v) is 4.38. The van der Waals surface area contributed by atoms with Crippen molar-refractivity contribution in [2.24, 2.45) is 16.5 Å². The van der Waals surface area contributed by atoms with E-state index in [4.69, 9.17) is 11.5 Å². The molecule has 6 heteroatoms. The number of aliphatic imine (C=N–C) groups is 1. The highest BCUT2D eigenvalue weighted by Crippen LogP contribution is 2.14. The third-order valence-corrected chi connectivity index (χ3v) is 2.03. The first-order valence-electron chi connectivity index (χ1n) is 4.38. The van der Waals surface area contributed by atoms with Gasteiger partial charge in [-0.05, 0) is 24.3 Å². The molecule has 5 N–H and O–H groups in total. The third-order valence-electron chi connectivity index (χ3n) is 2.03. The zero-order valence-electron chi connectivity index (χ0n) is 8.31. The van der Waals surface area contributed by atoms with Crippen molar-refractivity contribution in [1.82, 2.24) is 4.98 Å². The van der Waals surface area contributed by atoms with Crippen molar-refractivity contribution in [2.45, 2.75) is 0 Å². The number of guanidine groups is 1. The molecular formula is C10H11ClN4O. The van der Waals surface area contributed by atoms with Crippen LogP contribution < -0.4 is 11.5 Å². The standard InChI is InChI=1S/C10H10N4O.ClH/c11-10(12)14-9(15)7-1-2-8-6(5-7)3-4-13-8;/h1-5,13H,(H4,11,12,14,15);1H. The molecule has 5 nitrogen and oxygen atoms in total. The molecular weight excluding hydrogens is 228 g/mol. The van der Waals surface area contributed by atoms with Crippen LogP contribution in [0, 0.1) is 0 Å². The lowest BCUT2D eigenvalue weighted by Crippen LogP contribution is -2.24. The van der Waals surface area contributed by atoms with Gasteiger partial charge < -0.3 is 16.5 Å². The average Bonchev–Trinajstić information content (AvgIpc) is 2.62. The lowest BCUT2D eigenvalue weighted by atomic mass is 10.1.